The van der Waals surface area contributed by atoms with Crippen LogP contribution in [0.2, 0.25) is 0 Å². The number of nitrogens with one attached hydrogen (secondary N) is 2. The van der Waals surface area contributed by atoms with Gasteiger partial charge in [-0.05, 0) is 53.2 Å². The summed E-state index contributed by atoms with van der Waals surface area (Å²) in [5.74, 6) is 0. The molecule has 27 heavy (non-hydrogen) atoms. The zero-order valence-corrected chi connectivity index (χ0v) is 15.6. The molecule has 2 aromatic carbocycles. The minimum absolute atomic E-state index is 0.885. The number of anilines is 1. The van der Waals surface area contributed by atoms with Crippen molar-refractivity contribution in [3.05, 3.63) is 79.3 Å². The Kier molecular flexibility index (Phi) is 3.87. The largest absolute Gasteiger partial charge is 0.351 e. The van der Waals surface area contributed by atoms with Crippen LogP contribution in [0.25, 0.3) is 33.1 Å². The van der Waals surface area contributed by atoms with Gasteiger partial charge in [0.25, 0.3) is 0 Å². The van der Waals surface area contributed by atoms with Gasteiger partial charge in [-0.3, -0.25) is 0 Å². The predicted octanol–water partition coefficient (Wildman–Crippen LogP) is 5.84. The van der Waals surface area contributed by atoms with Gasteiger partial charge in [-0.25, -0.2) is 4.98 Å². The summed E-state index contributed by atoms with van der Waals surface area (Å²) in [5.41, 5.74) is 5.49. The van der Waals surface area contributed by atoms with E-state index in [-0.39, 0.29) is 0 Å². The standard InChI is InChI=1S/C22H18N4S/c1-26-12-10-15-7-8-16(13-20(15)26)18-14-24-22-21(18)19(9-11-23-22)25-27-17-5-3-2-4-6-17/h2-14H,1H3,(H2,23,24,25). The summed E-state index contributed by atoms with van der Waals surface area (Å²) < 4.78 is 5.64. The van der Waals surface area contributed by atoms with Crippen LogP contribution in [0.5, 0.6) is 0 Å². The van der Waals surface area contributed by atoms with Crippen molar-refractivity contribution in [2.45, 2.75) is 4.90 Å². The molecule has 0 amide bonds. The molecule has 5 rings (SSSR count). The van der Waals surface area contributed by atoms with E-state index in [1.807, 2.05) is 36.7 Å². The molecule has 0 bridgehead atoms. The topological polar surface area (TPSA) is 45.6 Å². The number of pyridine rings is 1. The molecule has 0 aliphatic rings. The number of fused-ring (bicyclic) bond motifs is 2. The zero-order valence-electron chi connectivity index (χ0n) is 14.8. The quantitative estimate of drug-likeness (QED) is 0.391. The Morgan fingerprint density at radius 3 is 2.81 bits per heavy atom. The second-order valence-electron chi connectivity index (χ2n) is 6.50. The number of nitrogens with zero attached hydrogens (tertiary/aromatic N) is 2. The highest BCUT2D eigenvalue weighted by Gasteiger charge is 2.13. The lowest BCUT2D eigenvalue weighted by Crippen LogP contribution is -1.90. The van der Waals surface area contributed by atoms with Crippen molar-refractivity contribution in [2.75, 3.05) is 4.72 Å². The van der Waals surface area contributed by atoms with Gasteiger partial charge in [0.05, 0.1) is 11.1 Å². The van der Waals surface area contributed by atoms with Crippen LogP contribution in [0.3, 0.4) is 0 Å². The first-order valence-corrected chi connectivity index (χ1v) is 9.61. The van der Waals surface area contributed by atoms with Crippen LogP contribution in [0.1, 0.15) is 0 Å². The summed E-state index contributed by atoms with van der Waals surface area (Å²) in [6, 6.07) is 21.0. The van der Waals surface area contributed by atoms with Gasteiger partial charge in [-0.1, -0.05) is 30.3 Å². The van der Waals surface area contributed by atoms with Crippen molar-refractivity contribution >= 4 is 39.6 Å². The fourth-order valence-electron chi connectivity index (χ4n) is 3.40. The Bertz CT molecular complexity index is 1240. The second-order valence-corrected chi connectivity index (χ2v) is 7.38. The van der Waals surface area contributed by atoms with Crippen molar-refractivity contribution < 1.29 is 0 Å². The Hall–Kier alpha value is -3.18. The summed E-state index contributed by atoms with van der Waals surface area (Å²) in [5, 5.41) is 2.35. The van der Waals surface area contributed by atoms with E-state index in [1.54, 1.807) is 11.9 Å². The van der Waals surface area contributed by atoms with E-state index in [0.29, 0.717) is 0 Å². The molecule has 0 saturated carbocycles. The molecule has 3 heterocycles. The monoisotopic (exact) mass is 370 g/mol. The minimum atomic E-state index is 0.885. The molecule has 5 heteroatoms. The van der Waals surface area contributed by atoms with Crippen LogP contribution in [0.15, 0.2) is 84.1 Å². The van der Waals surface area contributed by atoms with Gasteiger partial charge in [0.1, 0.15) is 5.65 Å². The Balaban J connectivity index is 1.59. The first-order chi connectivity index (χ1) is 13.3. The summed E-state index contributed by atoms with van der Waals surface area (Å²) in [4.78, 5) is 8.99. The molecule has 0 fully saturated rings. The lowest BCUT2D eigenvalue weighted by Gasteiger charge is -2.09. The van der Waals surface area contributed by atoms with Crippen LogP contribution < -0.4 is 4.72 Å². The Morgan fingerprint density at radius 2 is 1.93 bits per heavy atom. The molecule has 2 N–H and O–H groups in total. The van der Waals surface area contributed by atoms with E-state index in [9.17, 15) is 0 Å². The van der Waals surface area contributed by atoms with Crippen LogP contribution >= 0.6 is 11.9 Å². The van der Waals surface area contributed by atoms with E-state index in [0.717, 1.165) is 22.3 Å². The minimum Gasteiger partial charge on any atom is -0.351 e. The number of aromatic nitrogens is 3. The number of aryl methyl sites for hydroxylation is 1. The van der Waals surface area contributed by atoms with Gasteiger partial charge in [0, 0.05) is 41.6 Å². The number of benzene rings is 2. The second kappa shape index (κ2) is 6.52. The fraction of sp³-hybridized carbons (Fsp3) is 0.0455. The van der Waals surface area contributed by atoms with Crippen LogP contribution in [0, 0.1) is 0 Å². The van der Waals surface area contributed by atoms with Crippen molar-refractivity contribution in [1.29, 1.82) is 0 Å². The molecule has 0 unspecified atom stereocenters. The van der Waals surface area contributed by atoms with Gasteiger partial charge in [-0.2, -0.15) is 0 Å². The van der Waals surface area contributed by atoms with E-state index in [4.69, 9.17) is 0 Å². The Labute approximate surface area is 161 Å². The molecule has 132 valence electrons. The van der Waals surface area contributed by atoms with Crippen molar-refractivity contribution in [3.63, 3.8) is 0 Å². The molecular formula is C22H18N4S. The lowest BCUT2D eigenvalue weighted by molar-refractivity contribution is 0.969. The summed E-state index contributed by atoms with van der Waals surface area (Å²) in [6.07, 6.45) is 5.96. The summed E-state index contributed by atoms with van der Waals surface area (Å²) in [7, 11) is 2.08. The predicted molar refractivity (Wildman–Crippen MR) is 114 cm³/mol. The number of hydrogen-bond donors (Lipinski definition) is 2. The van der Waals surface area contributed by atoms with Crippen LogP contribution in [0.4, 0.5) is 5.69 Å². The average Bonchev–Trinajstić information content (AvgIpc) is 3.31. The molecule has 0 radical (unpaired) electrons. The highest BCUT2D eigenvalue weighted by molar-refractivity contribution is 8.00. The van der Waals surface area contributed by atoms with E-state index >= 15 is 0 Å². The molecule has 0 saturated heterocycles. The van der Waals surface area contributed by atoms with Crippen molar-refractivity contribution in [3.8, 4) is 11.1 Å². The maximum absolute atomic E-state index is 4.50. The highest BCUT2D eigenvalue weighted by atomic mass is 32.2. The molecule has 0 aliphatic carbocycles. The molecule has 5 aromatic rings. The van der Waals surface area contributed by atoms with E-state index in [2.05, 4.69) is 68.9 Å². The lowest BCUT2D eigenvalue weighted by atomic mass is 10.0. The SMILES string of the molecule is Cn1ccc2ccc(-c3c[nH]c4nccc(NSc5ccccc5)c34)cc21. The van der Waals surface area contributed by atoms with Crippen molar-refractivity contribution in [1.82, 2.24) is 14.5 Å². The highest BCUT2D eigenvalue weighted by Crippen LogP contribution is 2.36. The third kappa shape index (κ3) is 2.86. The van der Waals surface area contributed by atoms with Gasteiger partial charge in [0.15, 0.2) is 0 Å². The zero-order chi connectivity index (χ0) is 18.2. The fourth-order valence-corrected chi connectivity index (χ4v) is 4.09. The molecule has 4 nitrogen and oxygen atoms in total. The molecule has 0 atom stereocenters. The first kappa shape index (κ1) is 16.0. The average molecular weight is 370 g/mol. The van der Waals surface area contributed by atoms with Crippen LogP contribution in [-0.2, 0) is 7.05 Å². The van der Waals surface area contributed by atoms with Gasteiger partial charge >= 0.3 is 0 Å². The maximum atomic E-state index is 4.50. The number of rotatable bonds is 4. The third-order valence-corrected chi connectivity index (χ3v) is 5.62. The molecule has 3 aromatic heterocycles. The number of H-pyrrole nitrogens is 1. The van der Waals surface area contributed by atoms with Crippen molar-refractivity contribution in [2.24, 2.45) is 7.05 Å². The smallest absolute Gasteiger partial charge is 0.139 e. The first-order valence-electron chi connectivity index (χ1n) is 8.79. The maximum Gasteiger partial charge on any atom is 0.139 e. The number of aromatic amines is 1. The van der Waals surface area contributed by atoms with E-state index in [1.165, 1.54) is 21.4 Å². The van der Waals surface area contributed by atoms with Gasteiger partial charge in [-0.15, -0.1) is 0 Å². The molecular weight excluding hydrogens is 352 g/mol. The third-order valence-electron chi connectivity index (χ3n) is 4.79. The van der Waals surface area contributed by atoms with Gasteiger partial charge < -0.3 is 14.3 Å². The number of hydrogen-bond acceptors (Lipinski definition) is 3. The summed E-state index contributed by atoms with van der Waals surface area (Å²) >= 11 is 1.61. The van der Waals surface area contributed by atoms with Gasteiger partial charge in [0.2, 0.25) is 0 Å². The van der Waals surface area contributed by atoms with Crippen LogP contribution in [-0.4, -0.2) is 14.5 Å². The molecule has 0 spiro atoms. The Morgan fingerprint density at radius 1 is 1.04 bits per heavy atom. The normalized spacial score (nSPS) is 11.3. The van der Waals surface area contributed by atoms with E-state index < -0.39 is 0 Å². The summed E-state index contributed by atoms with van der Waals surface area (Å²) in [6.45, 7) is 0. The molecule has 0 aliphatic heterocycles.